The number of rotatable bonds is 1. The first-order valence-corrected chi connectivity index (χ1v) is 4.06. The summed E-state index contributed by atoms with van der Waals surface area (Å²) < 4.78 is 0. The second-order valence-corrected chi connectivity index (χ2v) is 3.24. The molecule has 0 radical (unpaired) electrons. The summed E-state index contributed by atoms with van der Waals surface area (Å²) in [5.41, 5.74) is 4.20. The average Bonchev–Trinajstić information content (AvgIpc) is 2.84. The predicted molar refractivity (Wildman–Crippen MR) is 45.7 cm³/mol. The van der Waals surface area contributed by atoms with E-state index in [1.54, 1.807) is 0 Å². The van der Waals surface area contributed by atoms with E-state index in [0.29, 0.717) is 11.7 Å². The van der Waals surface area contributed by atoms with Crippen molar-refractivity contribution in [1.29, 1.82) is 5.26 Å². The van der Waals surface area contributed by atoms with E-state index in [9.17, 15) is 0 Å². The van der Waals surface area contributed by atoms with Crippen molar-refractivity contribution in [2.75, 3.05) is 6.54 Å². The third-order valence-corrected chi connectivity index (χ3v) is 2.47. The van der Waals surface area contributed by atoms with Crippen LogP contribution in [-0.4, -0.2) is 11.5 Å². The Kier molecular flexibility index (Phi) is 1.45. The minimum absolute atomic E-state index is 0.464. The Hall–Kier alpha value is -1.27. The molecule has 0 aromatic carbocycles. The maximum absolute atomic E-state index is 8.76. The van der Waals surface area contributed by atoms with Gasteiger partial charge in [-0.1, -0.05) is 0 Å². The minimum atomic E-state index is 0.464. The third kappa shape index (κ3) is 0.926. The molecule has 3 heteroatoms. The highest BCUT2D eigenvalue weighted by Gasteiger charge is 2.27. The lowest BCUT2D eigenvalue weighted by Crippen LogP contribution is -1.87. The van der Waals surface area contributed by atoms with Crippen LogP contribution in [0.4, 0.5) is 0 Å². The molecule has 0 bridgehead atoms. The van der Waals surface area contributed by atoms with Crippen LogP contribution >= 0.6 is 0 Å². The fourth-order valence-corrected chi connectivity index (χ4v) is 1.43. The van der Waals surface area contributed by atoms with E-state index >= 15 is 0 Å². The number of aromatic nitrogens is 1. The minimum Gasteiger partial charge on any atom is -0.348 e. The van der Waals surface area contributed by atoms with Crippen LogP contribution in [0, 0.1) is 25.2 Å². The highest BCUT2D eigenvalue weighted by molar-refractivity contribution is 5.43. The predicted octanol–water partition coefficient (Wildman–Crippen LogP) is 1.15. The standard InChI is InChI=1S/C9H11N3/c1-5-6(2)9(8-4-11-8)12-7(5)3-10/h8,11-12H,4H2,1-2H3/t8-/m1/s1. The zero-order chi connectivity index (χ0) is 8.72. The zero-order valence-corrected chi connectivity index (χ0v) is 7.23. The number of hydrogen-bond acceptors (Lipinski definition) is 2. The smallest absolute Gasteiger partial charge is 0.121 e. The van der Waals surface area contributed by atoms with Crippen molar-refractivity contribution in [3.05, 3.63) is 22.5 Å². The van der Waals surface area contributed by atoms with Crippen LogP contribution in [0.2, 0.25) is 0 Å². The molecule has 62 valence electrons. The molecule has 2 N–H and O–H groups in total. The number of nitrogens with one attached hydrogen (secondary N) is 2. The van der Waals surface area contributed by atoms with E-state index in [2.05, 4.69) is 23.3 Å². The molecule has 0 aliphatic carbocycles. The van der Waals surface area contributed by atoms with Gasteiger partial charge in [-0.05, 0) is 25.0 Å². The molecule has 0 amide bonds. The lowest BCUT2D eigenvalue weighted by molar-refractivity contribution is 0.995. The summed E-state index contributed by atoms with van der Waals surface area (Å²) in [7, 11) is 0. The Balaban J connectivity index is 2.50. The summed E-state index contributed by atoms with van der Waals surface area (Å²) >= 11 is 0. The molecule has 2 rings (SSSR count). The van der Waals surface area contributed by atoms with E-state index in [0.717, 1.165) is 12.1 Å². The first-order chi connectivity index (χ1) is 5.74. The van der Waals surface area contributed by atoms with Crippen molar-refractivity contribution in [3.8, 4) is 6.07 Å². The van der Waals surface area contributed by atoms with Crippen molar-refractivity contribution < 1.29 is 0 Å². The Bertz CT molecular complexity index is 353. The zero-order valence-electron chi connectivity index (χ0n) is 7.23. The molecule has 0 spiro atoms. The number of H-pyrrole nitrogens is 1. The van der Waals surface area contributed by atoms with Gasteiger partial charge in [-0.25, -0.2) is 0 Å². The van der Waals surface area contributed by atoms with Crippen LogP contribution in [0.1, 0.15) is 28.6 Å². The van der Waals surface area contributed by atoms with E-state index in [1.807, 2.05) is 6.92 Å². The van der Waals surface area contributed by atoms with Crippen LogP contribution in [-0.2, 0) is 0 Å². The fourth-order valence-electron chi connectivity index (χ4n) is 1.43. The number of hydrogen-bond donors (Lipinski definition) is 2. The molecule has 2 heterocycles. The second-order valence-electron chi connectivity index (χ2n) is 3.24. The van der Waals surface area contributed by atoms with Gasteiger partial charge in [0.1, 0.15) is 11.8 Å². The summed E-state index contributed by atoms with van der Waals surface area (Å²) in [6, 6.07) is 2.62. The van der Waals surface area contributed by atoms with Gasteiger partial charge < -0.3 is 10.3 Å². The highest BCUT2D eigenvalue weighted by atomic mass is 15.1. The van der Waals surface area contributed by atoms with Crippen LogP contribution in [0.15, 0.2) is 0 Å². The molecule has 1 fully saturated rings. The Labute approximate surface area is 71.4 Å². The van der Waals surface area contributed by atoms with Crippen LogP contribution in [0.3, 0.4) is 0 Å². The molecule has 12 heavy (non-hydrogen) atoms. The number of aromatic amines is 1. The first kappa shape index (κ1) is 7.38. The van der Waals surface area contributed by atoms with E-state index in [1.165, 1.54) is 11.3 Å². The van der Waals surface area contributed by atoms with Gasteiger partial charge in [0, 0.05) is 12.2 Å². The average molecular weight is 161 g/mol. The van der Waals surface area contributed by atoms with Crippen molar-refractivity contribution in [2.24, 2.45) is 0 Å². The Morgan fingerprint density at radius 1 is 1.42 bits per heavy atom. The third-order valence-electron chi connectivity index (χ3n) is 2.47. The van der Waals surface area contributed by atoms with Crippen molar-refractivity contribution in [2.45, 2.75) is 19.9 Å². The first-order valence-electron chi connectivity index (χ1n) is 4.06. The van der Waals surface area contributed by atoms with E-state index in [-0.39, 0.29) is 0 Å². The van der Waals surface area contributed by atoms with Crippen LogP contribution in [0.5, 0.6) is 0 Å². The molecule has 1 aliphatic heterocycles. The fraction of sp³-hybridized carbons (Fsp3) is 0.444. The molecular formula is C9H11N3. The Morgan fingerprint density at radius 2 is 2.08 bits per heavy atom. The van der Waals surface area contributed by atoms with Gasteiger partial charge in [-0.2, -0.15) is 5.26 Å². The number of nitriles is 1. The van der Waals surface area contributed by atoms with Gasteiger partial charge in [0.15, 0.2) is 0 Å². The molecule has 1 aromatic heterocycles. The highest BCUT2D eigenvalue weighted by Crippen LogP contribution is 2.27. The maximum Gasteiger partial charge on any atom is 0.121 e. The van der Waals surface area contributed by atoms with Crippen molar-refractivity contribution >= 4 is 0 Å². The largest absolute Gasteiger partial charge is 0.348 e. The topological polar surface area (TPSA) is 61.5 Å². The van der Waals surface area contributed by atoms with E-state index < -0.39 is 0 Å². The van der Waals surface area contributed by atoms with Crippen LogP contribution in [0.25, 0.3) is 0 Å². The molecule has 1 aliphatic rings. The van der Waals surface area contributed by atoms with Gasteiger partial charge in [-0.3, -0.25) is 0 Å². The molecule has 0 saturated carbocycles. The van der Waals surface area contributed by atoms with Gasteiger partial charge in [0.2, 0.25) is 0 Å². The van der Waals surface area contributed by atoms with Crippen molar-refractivity contribution in [3.63, 3.8) is 0 Å². The van der Waals surface area contributed by atoms with Gasteiger partial charge >= 0.3 is 0 Å². The summed E-state index contributed by atoms with van der Waals surface area (Å²) in [4.78, 5) is 3.14. The molecule has 1 aromatic rings. The summed E-state index contributed by atoms with van der Waals surface area (Å²) in [5, 5.41) is 12.0. The summed E-state index contributed by atoms with van der Waals surface area (Å²) in [6.07, 6.45) is 0. The quantitative estimate of drug-likeness (QED) is 0.607. The molecule has 0 unspecified atom stereocenters. The monoisotopic (exact) mass is 161 g/mol. The molecule has 1 saturated heterocycles. The van der Waals surface area contributed by atoms with Crippen molar-refractivity contribution in [1.82, 2.24) is 10.3 Å². The van der Waals surface area contributed by atoms with Gasteiger partial charge in [0.25, 0.3) is 0 Å². The molecular weight excluding hydrogens is 150 g/mol. The maximum atomic E-state index is 8.76. The lowest BCUT2D eigenvalue weighted by atomic mass is 10.1. The summed E-state index contributed by atoms with van der Waals surface area (Å²) in [6.45, 7) is 5.07. The number of nitrogens with zero attached hydrogens (tertiary/aromatic N) is 1. The second kappa shape index (κ2) is 2.36. The molecule has 1 atom stereocenters. The lowest BCUT2D eigenvalue weighted by Gasteiger charge is -1.93. The normalized spacial score (nSPS) is 20.6. The van der Waals surface area contributed by atoms with Gasteiger partial charge in [-0.15, -0.1) is 0 Å². The SMILES string of the molecule is Cc1c(C#N)[nH]c([C@H]2CN2)c1C. The van der Waals surface area contributed by atoms with Crippen LogP contribution < -0.4 is 5.32 Å². The van der Waals surface area contributed by atoms with E-state index in [4.69, 9.17) is 5.26 Å². The van der Waals surface area contributed by atoms with Gasteiger partial charge in [0.05, 0.1) is 6.04 Å². The summed E-state index contributed by atoms with van der Waals surface area (Å²) in [5.74, 6) is 0. The Morgan fingerprint density at radius 3 is 2.50 bits per heavy atom. The molecule has 3 nitrogen and oxygen atoms in total.